The number of rotatable bonds is 4. The summed E-state index contributed by atoms with van der Waals surface area (Å²) in [4.78, 5) is 14.7. The lowest BCUT2D eigenvalue weighted by molar-refractivity contribution is 0.0917. The van der Waals surface area contributed by atoms with E-state index in [1.807, 2.05) is 24.3 Å². The van der Waals surface area contributed by atoms with Crippen molar-refractivity contribution in [2.75, 3.05) is 13.6 Å². The van der Waals surface area contributed by atoms with Crippen LogP contribution in [0.15, 0.2) is 24.3 Å². The highest BCUT2D eigenvalue weighted by Crippen LogP contribution is 2.36. The van der Waals surface area contributed by atoms with E-state index in [4.69, 9.17) is 5.73 Å². The van der Waals surface area contributed by atoms with E-state index in [9.17, 15) is 4.79 Å². The molecule has 2 heterocycles. The lowest BCUT2D eigenvalue weighted by Crippen LogP contribution is -2.43. The molecule has 2 atom stereocenters. The number of piperidine rings is 1. The van der Waals surface area contributed by atoms with E-state index in [-0.39, 0.29) is 5.91 Å². The average Bonchev–Trinajstić information content (AvgIpc) is 2.75. The molecule has 2 aliphatic rings. The van der Waals surface area contributed by atoms with Gasteiger partial charge in [-0.25, -0.2) is 0 Å². The highest BCUT2D eigenvalue weighted by molar-refractivity contribution is 5.94. The first-order chi connectivity index (χ1) is 10.2. The molecule has 21 heavy (non-hydrogen) atoms. The van der Waals surface area contributed by atoms with Crippen LogP contribution in [0, 0.1) is 5.92 Å². The fourth-order valence-electron chi connectivity index (χ4n) is 3.82. The summed E-state index contributed by atoms with van der Waals surface area (Å²) in [5.41, 5.74) is 7.35. The Morgan fingerprint density at radius 2 is 1.86 bits per heavy atom. The van der Waals surface area contributed by atoms with Gasteiger partial charge < -0.3 is 16.0 Å². The summed E-state index contributed by atoms with van der Waals surface area (Å²) in [7, 11) is 2.25. The second-order valence-corrected chi connectivity index (χ2v) is 6.50. The van der Waals surface area contributed by atoms with Crippen molar-refractivity contribution >= 4 is 5.91 Å². The number of nitrogens with two attached hydrogens (primary N) is 1. The van der Waals surface area contributed by atoms with Crippen molar-refractivity contribution < 1.29 is 4.79 Å². The molecule has 0 radical (unpaired) electrons. The molecule has 3 N–H and O–H groups in total. The first-order valence-electron chi connectivity index (χ1n) is 7.96. The van der Waals surface area contributed by atoms with Crippen molar-refractivity contribution in [3.63, 3.8) is 0 Å². The number of benzene rings is 1. The molecule has 114 valence electrons. The topological polar surface area (TPSA) is 58.4 Å². The maximum Gasteiger partial charge on any atom is 0.251 e. The van der Waals surface area contributed by atoms with E-state index in [1.165, 1.54) is 25.7 Å². The monoisotopic (exact) mass is 287 g/mol. The number of hydrogen-bond acceptors (Lipinski definition) is 3. The number of nitrogens with one attached hydrogen (secondary N) is 1. The Balaban J connectivity index is 1.52. The van der Waals surface area contributed by atoms with E-state index in [0.29, 0.717) is 12.5 Å². The van der Waals surface area contributed by atoms with Gasteiger partial charge in [0.05, 0.1) is 0 Å². The first-order valence-corrected chi connectivity index (χ1v) is 7.96. The smallest absolute Gasteiger partial charge is 0.251 e. The molecule has 1 aromatic carbocycles. The Morgan fingerprint density at radius 3 is 2.43 bits per heavy atom. The standard InChI is InChI=1S/C17H25N3O/c1-20-15-6-7-16(20)9-13(8-15)11-19-17(21)14-4-2-12(10-18)3-5-14/h2-5,13,15-16H,6-11,18H2,1H3,(H,19,21). The molecule has 2 aliphatic heterocycles. The van der Waals surface area contributed by atoms with Gasteiger partial charge in [-0.05, 0) is 56.3 Å². The number of nitrogens with zero attached hydrogens (tertiary/aromatic N) is 1. The van der Waals surface area contributed by atoms with Gasteiger partial charge in [-0.15, -0.1) is 0 Å². The number of carbonyl (C=O) groups is 1. The summed E-state index contributed by atoms with van der Waals surface area (Å²) < 4.78 is 0. The molecule has 2 unspecified atom stereocenters. The lowest BCUT2D eigenvalue weighted by atomic mass is 9.91. The van der Waals surface area contributed by atoms with E-state index in [1.54, 1.807) is 0 Å². The van der Waals surface area contributed by atoms with Crippen molar-refractivity contribution in [2.24, 2.45) is 11.7 Å². The Labute approximate surface area is 126 Å². The lowest BCUT2D eigenvalue weighted by Gasteiger charge is -2.36. The van der Waals surface area contributed by atoms with Gasteiger partial charge in [-0.2, -0.15) is 0 Å². The van der Waals surface area contributed by atoms with Gasteiger partial charge in [0.15, 0.2) is 0 Å². The Kier molecular flexibility index (Phi) is 4.27. The summed E-state index contributed by atoms with van der Waals surface area (Å²) in [6.45, 7) is 1.32. The van der Waals surface area contributed by atoms with Gasteiger partial charge in [0.2, 0.25) is 0 Å². The van der Waals surface area contributed by atoms with Gasteiger partial charge in [-0.1, -0.05) is 12.1 Å². The SMILES string of the molecule is CN1C2CCC1CC(CNC(=O)c1ccc(CN)cc1)C2. The zero-order valence-corrected chi connectivity index (χ0v) is 12.7. The van der Waals surface area contributed by atoms with Crippen molar-refractivity contribution in [3.8, 4) is 0 Å². The summed E-state index contributed by atoms with van der Waals surface area (Å²) in [6.07, 6.45) is 5.09. The van der Waals surface area contributed by atoms with Crippen LogP contribution in [0.5, 0.6) is 0 Å². The fraction of sp³-hybridized carbons (Fsp3) is 0.588. The van der Waals surface area contributed by atoms with E-state index >= 15 is 0 Å². The highest BCUT2D eigenvalue weighted by atomic mass is 16.1. The highest BCUT2D eigenvalue weighted by Gasteiger charge is 2.38. The third-order valence-corrected chi connectivity index (χ3v) is 5.20. The molecule has 4 nitrogen and oxygen atoms in total. The molecule has 0 aromatic heterocycles. The average molecular weight is 287 g/mol. The summed E-state index contributed by atoms with van der Waals surface area (Å²) in [5.74, 6) is 0.663. The third kappa shape index (κ3) is 3.11. The van der Waals surface area contributed by atoms with Crippen molar-refractivity contribution in [1.29, 1.82) is 0 Å². The zero-order chi connectivity index (χ0) is 14.8. The van der Waals surface area contributed by atoms with Crippen LogP contribution < -0.4 is 11.1 Å². The Bertz CT molecular complexity index is 485. The second-order valence-electron chi connectivity index (χ2n) is 6.50. The molecular weight excluding hydrogens is 262 g/mol. The Hall–Kier alpha value is -1.39. The van der Waals surface area contributed by atoms with Crippen LogP contribution in [0.25, 0.3) is 0 Å². The van der Waals surface area contributed by atoms with E-state index < -0.39 is 0 Å². The summed E-state index contributed by atoms with van der Waals surface area (Å²) >= 11 is 0. The molecule has 2 fully saturated rings. The van der Waals surface area contributed by atoms with Gasteiger partial charge in [0.25, 0.3) is 5.91 Å². The second kappa shape index (κ2) is 6.16. The molecular formula is C17H25N3O. The molecule has 0 saturated carbocycles. The maximum absolute atomic E-state index is 12.2. The largest absolute Gasteiger partial charge is 0.352 e. The minimum absolute atomic E-state index is 0.0323. The van der Waals surface area contributed by atoms with Crippen LogP contribution in [0.4, 0.5) is 0 Å². The number of amides is 1. The van der Waals surface area contributed by atoms with Crippen LogP contribution >= 0.6 is 0 Å². The molecule has 0 aliphatic carbocycles. The Morgan fingerprint density at radius 1 is 1.24 bits per heavy atom. The molecule has 2 bridgehead atoms. The number of fused-ring (bicyclic) bond motifs is 2. The van der Waals surface area contributed by atoms with Crippen LogP contribution in [0.2, 0.25) is 0 Å². The normalized spacial score (nSPS) is 28.6. The van der Waals surface area contributed by atoms with Gasteiger partial charge in [0, 0.05) is 30.7 Å². The van der Waals surface area contributed by atoms with Crippen LogP contribution in [0.1, 0.15) is 41.6 Å². The van der Waals surface area contributed by atoms with Gasteiger partial charge >= 0.3 is 0 Å². The maximum atomic E-state index is 12.2. The molecule has 4 heteroatoms. The quantitative estimate of drug-likeness (QED) is 0.887. The van der Waals surface area contributed by atoms with E-state index in [2.05, 4.69) is 17.3 Å². The minimum atomic E-state index is 0.0323. The number of carbonyl (C=O) groups excluding carboxylic acids is 1. The zero-order valence-electron chi connectivity index (χ0n) is 12.7. The molecule has 1 amide bonds. The van der Waals surface area contributed by atoms with Gasteiger partial charge in [-0.3, -0.25) is 4.79 Å². The van der Waals surface area contributed by atoms with Gasteiger partial charge in [0.1, 0.15) is 0 Å². The fourth-order valence-corrected chi connectivity index (χ4v) is 3.82. The summed E-state index contributed by atoms with van der Waals surface area (Å²) in [6, 6.07) is 9.02. The van der Waals surface area contributed by atoms with E-state index in [0.717, 1.165) is 29.8 Å². The third-order valence-electron chi connectivity index (χ3n) is 5.20. The van der Waals surface area contributed by atoms with Crippen molar-refractivity contribution in [1.82, 2.24) is 10.2 Å². The molecule has 0 spiro atoms. The molecule has 1 aromatic rings. The van der Waals surface area contributed by atoms with Crippen molar-refractivity contribution in [3.05, 3.63) is 35.4 Å². The number of hydrogen-bond donors (Lipinski definition) is 2. The first kappa shape index (κ1) is 14.5. The van der Waals surface area contributed by atoms with Crippen molar-refractivity contribution in [2.45, 2.75) is 44.3 Å². The van der Waals surface area contributed by atoms with Crippen LogP contribution in [-0.4, -0.2) is 36.5 Å². The predicted molar refractivity (Wildman–Crippen MR) is 84.0 cm³/mol. The summed E-state index contributed by atoms with van der Waals surface area (Å²) in [5, 5.41) is 3.10. The van der Waals surface area contributed by atoms with Crippen LogP contribution in [0.3, 0.4) is 0 Å². The minimum Gasteiger partial charge on any atom is -0.352 e. The molecule has 3 rings (SSSR count). The molecule has 2 saturated heterocycles. The predicted octanol–water partition coefficient (Wildman–Crippen LogP) is 1.75. The van der Waals surface area contributed by atoms with Crippen LogP contribution in [-0.2, 0) is 6.54 Å².